The fourth-order valence-electron chi connectivity index (χ4n) is 4.57. The molecule has 0 spiro atoms. The van der Waals surface area contributed by atoms with Crippen LogP contribution in [0.15, 0.2) is 34.7 Å². The third-order valence-corrected chi connectivity index (χ3v) is 6.29. The van der Waals surface area contributed by atoms with Crippen molar-refractivity contribution in [3.8, 4) is 34.4 Å². The highest BCUT2D eigenvalue weighted by Gasteiger charge is 2.37. The van der Waals surface area contributed by atoms with Gasteiger partial charge < -0.3 is 23.5 Å². The first-order valence-corrected chi connectivity index (χ1v) is 11.1. The first-order chi connectivity index (χ1) is 17.0. The minimum atomic E-state index is -0.239. The second-order valence-electron chi connectivity index (χ2n) is 8.63. The Hall–Kier alpha value is -4.19. The van der Waals surface area contributed by atoms with Crippen molar-refractivity contribution in [3.05, 3.63) is 47.3 Å². The summed E-state index contributed by atoms with van der Waals surface area (Å²) >= 11 is 0. The van der Waals surface area contributed by atoms with Crippen molar-refractivity contribution in [2.75, 3.05) is 46.5 Å². The Morgan fingerprint density at radius 2 is 1.91 bits per heavy atom. The number of likely N-dealkylation sites (N-methyl/N-ethyl adjacent to an activating group) is 1. The molecule has 2 aromatic heterocycles. The SMILES string of the molecule is COc1c2c(cc3c1C(c1nnnn1-c1ccc(-c4nnc(N(C)C)o4)cc1)N(C)CC3)OCO2. The Balaban J connectivity index is 1.40. The van der Waals surface area contributed by atoms with Crippen LogP contribution in [-0.4, -0.2) is 76.9 Å². The predicted molar refractivity (Wildman–Crippen MR) is 124 cm³/mol. The molecule has 4 heterocycles. The molecule has 180 valence electrons. The lowest BCUT2D eigenvalue weighted by Gasteiger charge is -2.34. The standard InChI is InChI=1S/C23H24N8O4/c1-29(2)23-26-25-22(35-23)13-5-7-15(8-6-13)31-21(24-27-28-31)18-17-14(9-10-30(18)3)11-16-19(20(17)32-4)34-12-33-16/h5-8,11,18H,9-10,12H2,1-4H3. The van der Waals surface area contributed by atoms with E-state index in [-0.39, 0.29) is 12.8 Å². The lowest BCUT2D eigenvalue weighted by atomic mass is 9.90. The van der Waals surface area contributed by atoms with Gasteiger partial charge in [-0.1, -0.05) is 5.10 Å². The summed E-state index contributed by atoms with van der Waals surface area (Å²) in [6.07, 6.45) is 0.852. The summed E-state index contributed by atoms with van der Waals surface area (Å²) in [7, 11) is 7.40. The molecule has 0 radical (unpaired) electrons. The summed E-state index contributed by atoms with van der Waals surface area (Å²) in [4.78, 5) is 3.97. The van der Waals surface area contributed by atoms with Crippen LogP contribution in [0.5, 0.6) is 17.2 Å². The Kier molecular flexibility index (Phi) is 5.02. The molecule has 0 saturated carbocycles. The lowest BCUT2D eigenvalue weighted by molar-refractivity contribution is 0.170. The molecule has 2 aromatic carbocycles. The molecule has 0 bridgehead atoms. The first kappa shape index (κ1) is 21.4. The zero-order valence-corrected chi connectivity index (χ0v) is 19.8. The van der Waals surface area contributed by atoms with Gasteiger partial charge in [0.15, 0.2) is 17.3 Å². The van der Waals surface area contributed by atoms with Crippen LogP contribution in [0.4, 0.5) is 6.01 Å². The summed E-state index contributed by atoms with van der Waals surface area (Å²) < 4.78 is 24.6. The van der Waals surface area contributed by atoms with E-state index in [1.807, 2.05) is 44.4 Å². The molecule has 1 unspecified atom stereocenters. The molecule has 12 heteroatoms. The summed E-state index contributed by atoms with van der Waals surface area (Å²) in [5.41, 5.74) is 3.73. The number of rotatable bonds is 5. The average Bonchev–Trinajstić information content (AvgIpc) is 3.63. The quantitative estimate of drug-likeness (QED) is 0.421. The number of methoxy groups -OCH3 is 1. The second-order valence-corrected chi connectivity index (χ2v) is 8.63. The van der Waals surface area contributed by atoms with Gasteiger partial charge in [-0.15, -0.1) is 10.2 Å². The van der Waals surface area contributed by atoms with E-state index in [9.17, 15) is 0 Å². The average molecular weight is 476 g/mol. The number of hydrogen-bond acceptors (Lipinski definition) is 11. The van der Waals surface area contributed by atoms with Gasteiger partial charge >= 0.3 is 6.01 Å². The van der Waals surface area contributed by atoms with Crippen LogP contribution in [0.1, 0.15) is 23.0 Å². The topological polar surface area (TPSA) is 117 Å². The number of aromatic nitrogens is 6. The lowest BCUT2D eigenvalue weighted by Crippen LogP contribution is -2.35. The second kappa shape index (κ2) is 8.24. The third-order valence-electron chi connectivity index (χ3n) is 6.29. The van der Waals surface area contributed by atoms with Crippen molar-refractivity contribution in [2.45, 2.75) is 12.5 Å². The predicted octanol–water partition coefficient (Wildman–Crippen LogP) is 2.09. The van der Waals surface area contributed by atoms with Crippen LogP contribution < -0.4 is 19.1 Å². The number of benzene rings is 2. The van der Waals surface area contributed by atoms with Crippen molar-refractivity contribution in [1.29, 1.82) is 0 Å². The Morgan fingerprint density at radius 3 is 2.66 bits per heavy atom. The van der Waals surface area contributed by atoms with Gasteiger partial charge in [0.25, 0.3) is 0 Å². The number of hydrogen-bond donors (Lipinski definition) is 0. The monoisotopic (exact) mass is 476 g/mol. The number of ether oxygens (including phenoxy) is 3. The van der Waals surface area contributed by atoms with E-state index in [1.165, 1.54) is 0 Å². The largest absolute Gasteiger partial charge is 0.492 e. The molecule has 4 aromatic rings. The Morgan fingerprint density at radius 1 is 1.09 bits per heavy atom. The number of fused-ring (bicyclic) bond motifs is 2. The van der Waals surface area contributed by atoms with E-state index in [2.05, 4.69) is 37.7 Å². The third kappa shape index (κ3) is 3.44. The molecule has 2 aliphatic rings. The smallest absolute Gasteiger partial charge is 0.317 e. The van der Waals surface area contributed by atoms with Gasteiger partial charge in [0.05, 0.1) is 12.8 Å². The Labute approximate surface area is 201 Å². The maximum Gasteiger partial charge on any atom is 0.317 e. The van der Waals surface area contributed by atoms with Crippen LogP contribution in [0.2, 0.25) is 0 Å². The molecule has 0 fully saturated rings. The highest BCUT2D eigenvalue weighted by Crippen LogP contribution is 2.50. The van der Waals surface area contributed by atoms with E-state index in [1.54, 1.807) is 16.7 Å². The van der Waals surface area contributed by atoms with E-state index in [0.29, 0.717) is 35.0 Å². The first-order valence-electron chi connectivity index (χ1n) is 11.1. The molecule has 2 aliphatic heterocycles. The van der Waals surface area contributed by atoms with Crippen LogP contribution in [0, 0.1) is 0 Å². The van der Waals surface area contributed by atoms with Crippen LogP contribution in [-0.2, 0) is 6.42 Å². The van der Waals surface area contributed by atoms with Crippen molar-refractivity contribution in [1.82, 2.24) is 35.3 Å². The van der Waals surface area contributed by atoms with E-state index in [4.69, 9.17) is 18.6 Å². The van der Waals surface area contributed by atoms with Crippen molar-refractivity contribution < 1.29 is 18.6 Å². The molecule has 35 heavy (non-hydrogen) atoms. The van der Waals surface area contributed by atoms with E-state index in [0.717, 1.165) is 35.3 Å². The minimum absolute atomic E-state index is 0.176. The van der Waals surface area contributed by atoms with Crippen molar-refractivity contribution in [3.63, 3.8) is 0 Å². The summed E-state index contributed by atoms with van der Waals surface area (Å²) in [6, 6.07) is 9.91. The van der Waals surface area contributed by atoms with Crippen LogP contribution in [0.25, 0.3) is 17.1 Å². The van der Waals surface area contributed by atoms with Crippen LogP contribution in [0.3, 0.4) is 0 Å². The number of nitrogens with zero attached hydrogens (tertiary/aromatic N) is 8. The highest BCUT2D eigenvalue weighted by atomic mass is 16.7. The molecule has 0 amide bonds. The molecule has 6 rings (SSSR count). The van der Waals surface area contributed by atoms with Crippen molar-refractivity contribution >= 4 is 6.01 Å². The normalized spacial score (nSPS) is 16.9. The maximum absolute atomic E-state index is 5.82. The summed E-state index contributed by atoms with van der Waals surface area (Å²) in [6.45, 7) is 1.01. The molecule has 12 nitrogen and oxygen atoms in total. The molecule has 0 aliphatic carbocycles. The van der Waals surface area contributed by atoms with Crippen LogP contribution >= 0.6 is 0 Å². The van der Waals surface area contributed by atoms with Gasteiger partial charge in [-0.05, 0) is 59.8 Å². The minimum Gasteiger partial charge on any atom is -0.492 e. The molecular formula is C23H24N8O4. The zero-order chi connectivity index (χ0) is 24.1. The Bertz CT molecular complexity index is 1380. The van der Waals surface area contributed by atoms with Gasteiger partial charge in [0, 0.05) is 31.8 Å². The fraction of sp³-hybridized carbons (Fsp3) is 0.348. The molecule has 0 saturated heterocycles. The van der Waals surface area contributed by atoms with Crippen molar-refractivity contribution in [2.24, 2.45) is 0 Å². The van der Waals surface area contributed by atoms with E-state index < -0.39 is 0 Å². The molecule has 1 atom stereocenters. The van der Waals surface area contributed by atoms with Gasteiger partial charge in [0.1, 0.15) is 6.04 Å². The van der Waals surface area contributed by atoms with Gasteiger partial charge in [-0.2, -0.15) is 4.68 Å². The number of anilines is 1. The van der Waals surface area contributed by atoms with Gasteiger partial charge in [-0.3, -0.25) is 4.90 Å². The summed E-state index contributed by atoms with van der Waals surface area (Å²) in [5, 5.41) is 20.9. The maximum atomic E-state index is 5.82. The number of tetrazole rings is 1. The molecule has 0 N–H and O–H groups in total. The zero-order valence-electron chi connectivity index (χ0n) is 19.8. The highest BCUT2D eigenvalue weighted by molar-refractivity contribution is 5.63. The fourth-order valence-corrected chi connectivity index (χ4v) is 4.57. The van der Waals surface area contributed by atoms with Gasteiger partial charge in [-0.25, -0.2) is 0 Å². The van der Waals surface area contributed by atoms with Gasteiger partial charge in [0.2, 0.25) is 18.4 Å². The molecular weight excluding hydrogens is 452 g/mol. The summed E-state index contributed by atoms with van der Waals surface area (Å²) in [5.74, 6) is 3.10. The van der Waals surface area contributed by atoms with E-state index >= 15 is 0 Å².